The monoisotopic (exact) mass is 246 g/mol. The van der Waals surface area contributed by atoms with E-state index < -0.39 is 11.7 Å². The molecule has 0 unspecified atom stereocenters. The van der Waals surface area contributed by atoms with Gasteiger partial charge in [-0.3, -0.25) is 4.90 Å². The molecule has 1 fully saturated rings. The van der Waals surface area contributed by atoms with Crippen molar-refractivity contribution in [3.63, 3.8) is 0 Å². The molecule has 3 nitrogen and oxygen atoms in total. The Kier molecular flexibility index (Phi) is 3.51. The Balaban J connectivity index is 1.89. The van der Waals surface area contributed by atoms with Gasteiger partial charge in [0.05, 0.1) is 5.56 Å². The molecule has 0 bridgehead atoms. The molecule has 0 radical (unpaired) electrons. The summed E-state index contributed by atoms with van der Waals surface area (Å²) in [5.41, 5.74) is -0.758. The van der Waals surface area contributed by atoms with Crippen molar-refractivity contribution in [2.75, 3.05) is 19.8 Å². The van der Waals surface area contributed by atoms with E-state index in [4.69, 9.17) is 4.74 Å². The molecule has 0 amide bonds. The number of pyridine rings is 1. The first-order valence-corrected chi connectivity index (χ1v) is 5.44. The molecule has 17 heavy (non-hydrogen) atoms. The Morgan fingerprint density at radius 3 is 2.47 bits per heavy atom. The minimum Gasteiger partial charge on any atom is -0.461 e. The molecule has 0 saturated carbocycles. The van der Waals surface area contributed by atoms with Gasteiger partial charge in [0.2, 0.25) is 5.88 Å². The molecule has 1 aliphatic heterocycles. The summed E-state index contributed by atoms with van der Waals surface area (Å²) in [4.78, 5) is 5.73. The lowest BCUT2D eigenvalue weighted by molar-refractivity contribution is -0.137. The van der Waals surface area contributed by atoms with E-state index in [1.165, 1.54) is 6.07 Å². The van der Waals surface area contributed by atoms with Crippen LogP contribution < -0.4 is 4.74 Å². The van der Waals surface area contributed by atoms with Crippen LogP contribution in [0.4, 0.5) is 13.2 Å². The average Bonchev–Trinajstić information content (AvgIpc) is 2.78. The molecule has 0 atom stereocenters. The molecule has 1 aliphatic rings. The largest absolute Gasteiger partial charge is 0.461 e. The van der Waals surface area contributed by atoms with Gasteiger partial charge in [-0.15, -0.1) is 0 Å². The van der Waals surface area contributed by atoms with Crippen molar-refractivity contribution in [2.24, 2.45) is 0 Å². The molecule has 1 aromatic rings. The van der Waals surface area contributed by atoms with Gasteiger partial charge in [0.25, 0.3) is 0 Å². The lowest BCUT2D eigenvalue weighted by Gasteiger charge is -2.15. The summed E-state index contributed by atoms with van der Waals surface area (Å²) in [7, 11) is 0. The molecule has 2 heterocycles. The summed E-state index contributed by atoms with van der Waals surface area (Å²) in [6, 6.07) is 2.23. The molecule has 94 valence electrons. The molecular weight excluding hydrogens is 233 g/mol. The zero-order valence-electron chi connectivity index (χ0n) is 9.20. The molecule has 1 aromatic heterocycles. The number of halogens is 3. The van der Waals surface area contributed by atoms with Crippen molar-refractivity contribution < 1.29 is 17.9 Å². The minimum absolute atomic E-state index is 0.227. The van der Waals surface area contributed by atoms with E-state index >= 15 is 0 Å². The Morgan fingerprint density at radius 1 is 1.24 bits per heavy atom. The van der Waals surface area contributed by atoms with E-state index in [1.54, 1.807) is 0 Å². The van der Waals surface area contributed by atoms with E-state index in [0.717, 1.165) is 38.2 Å². The number of alkyl halides is 3. The summed E-state index contributed by atoms with van der Waals surface area (Å²) >= 11 is 0. The van der Waals surface area contributed by atoms with Gasteiger partial charge in [-0.2, -0.15) is 13.2 Å². The number of likely N-dealkylation sites (tertiary alicyclic amines) is 1. The standard InChI is InChI=1S/C11H13F3N2O/c12-11(13,14)9-3-4-10(15-7-9)17-8-16-5-1-2-6-16/h3-4,7H,1-2,5-6,8H2. The molecule has 0 spiro atoms. The third kappa shape index (κ3) is 3.33. The van der Waals surface area contributed by atoms with Crippen LogP contribution in [0.25, 0.3) is 0 Å². The Labute approximate surface area is 97.2 Å². The van der Waals surface area contributed by atoms with Gasteiger partial charge in [-0.25, -0.2) is 4.98 Å². The second-order valence-corrected chi connectivity index (χ2v) is 3.98. The van der Waals surface area contributed by atoms with Crippen molar-refractivity contribution in [3.05, 3.63) is 23.9 Å². The first-order valence-electron chi connectivity index (χ1n) is 5.44. The van der Waals surface area contributed by atoms with Crippen LogP contribution in [0.3, 0.4) is 0 Å². The highest BCUT2D eigenvalue weighted by molar-refractivity contribution is 5.20. The van der Waals surface area contributed by atoms with Crippen molar-refractivity contribution in [3.8, 4) is 5.88 Å². The highest BCUT2D eigenvalue weighted by Gasteiger charge is 2.30. The molecule has 1 saturated heterocycles. The van der Waals surface area contributed by atoms with Crippen molar-refractivity contribution >= 4 is 0 Å². The van der Waals surface area contributed by atoms with Gasteiger partial charge >= 0.3 is 6.18 Å². The fourth-order valence-corrected chi connectivity index (χ4v) is 1.70. The van der Waals surface area contributed by atoms with E-state index in [2.05, 4.69) is 9.88 Å². The van der Waals surface area contributed by atoms with Crippen LogP contribution in [0.15, 0.2) is 18.3 Å². The maximum atomic E-state index is 12.3. The van der Waals surface area contributed by atoms with Crippen molar-refractivity contribution in [1.82, 2.24) is 9.88 Å². The van der Waals surface area contributed by atoms with Crippen molar-refractivity contribution in [1.29, 1.82) is 0 Å². The number of aromatic nitrogens is 1. The highest BCUT2D eigenvalue weighted by atomic mass is 19.4. The second-order valence-electron chi connectivity index (χ2n) is 3.98. The van der Waals surface area contributed by atoms with E-state index in [9.17, 15) is 13.2 Å². The summed E-state index contributed by atoms with van der Waals surface area (Å²) < 4.78 is 42.1. The molecule has 6 heteroatoms. The van der Waals surface area contributed by atoms with Crippen LogP contribution in [-0.4, -0.2) is 29.7 Å². The summed E-state index contributed by atoms with van der Waals surface area (Å²) in [6.45, 7) is 2.33. The predicted molar refractivity (Wildman–Crippen MR) is 55.5 cm³/mol. The summed E-state index contributed by atoms with van der Waals surface area (Å²) in [6.07, 6.45) is -1.27. The second kappa shape index (κ2) is 4.91. The zero-order valence-corrected chi connectivity index (χ0v) is 9.20. The first-order chi connectivity index (χ1) is 8.05. The first kappa shape index (κ1) is 12.2. The van der Waals surface area contributed by atoms with Crippen LogP contribution >= 0.6 is 0 Å². The minimum atomic E-state index is -4.35. The SMILES string of the molecule is FC(F)(F)c1ccc(OCN2CCCC2)nc1. The molecule has 0 aliphatic carbocycles. The Morgan fingerprint density at radius 2 is 1.94 bits per heavy atom. The van der Waals surface area contributed by atoms with Crippen LogP contribution in [0.1, 0.15) is 18.4 Å². The van der Waals surface area contributed by atoms with Crippen LogP contribution in [0.2, 0.25) is 0 Å². The smallest absolute Gasteiger partial charge is 0.417 e. The fourth-order valence-electron chi connectivity index (χ4n) is 1.70. The Bertz CT molecular complexity index is 358. The number of rotatable bonds is 3. The number of hydrogen-bond donors (Lipinski definition) is 0. The van der Waals surface area contributed by atoms with Gasteiger partial charge in [0, 0.05) is 25.4 Å². The summed E-state index contributed by atoms with van der Waals surface area (Å²) in [5, 5.41) is 0. The van der Waals surface area contributed by atoms with Gasteiger partial charge in [-0.05, 0) is 18.9 Å². The molecular formula is C11H13F3N2O. The highest BCUT2D eigenvalue weighted by Crippen LogP contribution is 2.29. The summed E-state index contributed by atoms with van der Waals surface area (Å²) in [5.74, 6) is 0.227. The maximum Gasteiger partial charge on any atom is 0.417 e. The van der Waals surface area contributed by atoms with Gasteiger partial charge in [0.15, 0.2) is 0 Å². The zero-order chi connectivity index (χ0) is 12.3. The lowest BCUT2D eigenvalue weighted by atomic mass is 10.3. The topological polar surface area (TPSA) is 25.4 Å². The fraction of sp³-hybridized carbons (Fsp3) is 0.545. The van der Waals surface area contributed by atoms with E-state index in [0.29, 0.717) is 6.73 Å². The van der Waals surface area contributed by atoms with Crippen LogP contribution in [0, 0.1) is 0 Å². The Hall–Kier alpha value is -1.30. The number of hydrogen-bond acceptors (Lipinski definition) is 3. The van der Waals surface area contributed by atoms with E-state index in [1.807, 2.05) is 0 Å². The number of nitrogens with zero attached hydrogens (tertiary/aromatic N) is 2. The third-order valence-electron chi connectivity index (χ3n) is 2.66. The normalized spacial score (nSPS) is 17.4. The van der Waals surface area contributed by atoms with Gasteiger partial charge < -0.3 is 4.74 Å². The number of ether oxygens (including phenoxy) is 1. The quantitative estimate of drug-likeness (QED) is 0.819. The van der Waals surface area contributed by atoms with Crippen LogP contribution in [-0.2, 0) is 6.18 Å². The average molecular weight is 246 g/mol. The molecule has 0 aromatic carbocycles. The lowest BCUT2D eigenvalue weighted by Crippen LogP contribution is -2.24. The molecule has 0 N–H and O–H groups in total. The van der Waals surface area contributed by atoms with Gasteiger partial charge in [0.1, 0.15) is 6.73 Å². The van der Waals surface area contributed by atoms with E-state index in [-0.39, 0.29) is 5.88 Å². The predicted octanol–water partition coefficient (Wildman–Crippen LogP) is 2.53. The van der Waals surface area contributed by atoms with Crippen LogP contribution in [0.5, 0.6) is 5.88 Å². The molecule has 2 rings (SSSR count). The maximum absolute atomic E-state index is 12.3. The van der Waals surface area contributed by atoms with Gasteiger partial charge in [-0.1, -0.05) is 0 Å². The third-order valence-corrected chi connectivity index (χ3v) is 2.66. The van der Waals surface area contributed by atoms with Crippen molar-refractivity contribution in [2.45, 2.75) is 19.0 Å².